The smallest absolute Gasteiger partial charge is 0.254 e. The van der Waals surface area contributed by atoms with Crippen molar-refractivity contribution in [2.75, 3.05) is 33.9 Å². The number of ether oxygens (including phenoxy) is 2. The number of piperidine rings is 1. The molecule has 0 N–H and O–H groups in total. The van der Waals surface area contributed by atoms with Gasteiger partial charge in [0.25, 0.3) is 5.91 Å². The summed E-state index contributed by atoms with van der Waals surface area (Å²) in [7, 11) is 3.24. The molecular formula is C23H28N2O3. The number of fused-ring (bicyclic) bond motifs is 1. The van der Waals surface area contributed by atoms with E-state index < -0.39 is 0 Å². The molecule has 4 rings (SSSR count). The maximum absolute atomic E-state index is 13.3. The largest absolute Gasteiger partial charge is 0.493 e. The van der Waals surface area contributed by atoms with Crippen LogP contribution in [0.4, 0.5) is 0 Å². The summed E-state index contributed by atoms with van der Waals surface area (Å²) in [6.07, 6.45) is 3.05. The lowest BCUT2D eigenvalue weighted by Gasteiger charge is -2.41. The first kappa shape index (κ1) is 18.8. The third kappa shape index (κ3) is 3.72. The van der Waals surface area contributed by atoms with Crippen LogP contribution >= 0.6 is 0 Å². The van der Waals surface area contributed by atoms with E-state index in [4.69, 9.17) is 9.47 Å². The zero-order chi connectivity index (χ0) is 19.5. The molecule has 1 atom stereocenters. The van der Waals surface area contributed by atoms with Gasteiger partial charge in [-0.1, -0.05) is 30.3 Å². The second kappa shape index (κ2) is 8.23. The highest BCUT2D eigenvalue weighted by atomic mass is 16.5. The Bertz CT molecular complexity index is 837. The van der Waals surface area contributed by atoms with Gasteiger partial charge < -0.3 is 14.4 Å². The summed E-state index contributed by atoms with van der Waals surface area (Å²) in [5.41, 5.74) is 3.13. The summed E-state index contributed by atoms with van der Waals surface area (Å²) in [6, 6.07) is 14.6. The van der Waals surface area contributed by atoms with Crippen molar-refractivity contribution >= 4 is 5.91 Å². The molecule has 2 aliphatic rings. The minimum Gasteiger partial charge on any atom is -0.493 e. The Morgan fingerprint density at radius 1 is 1.04 bits per heavy atom. The van der Waals surface area contributed by atoms with Gasteiger partial charge in [0.15, 0.2) is 11.5 Å². The van der Waals surface area contributed by atoms with Crippen molar-refractivity contribution in [1.29, 1.82) is 0 Å². The fraction of sp³-hybridized carbons (Fsp3) is 0.435. The molecule has 5 nitrogen and oxygen atoms in total. The van der Waals surface area contributed by atoms with E-state index in [1.807, 2.05) is 12.1 Å². The molecule has 1 fully saturated rings. The van der Waals surface area contributed by atoms with Crippen molar-refractivity contribution in [3.63, 3.8) is 0 Å². The first-order valence-electron chi connectivity index (χ1n) is 10.0. The van der Waals surface area contributed by atoms with E-state index in [2.05, 4.69) is 40.1 Å². The van der Waals surface area contributed by atoms with Crippen molar-refractivity contribution in [1.82, 2.24) is 9.80 Å². The van der Waals surface area contributed by atoms with Gasteiger partial charge in [0.2, 0.25) is 0 Å². The highest BCUT2D eigenvalue weighted by Gasteiger charge is 2.33. The predicted molar refractivity (Wildman–Crippen MR) is 109 cm³/mol. The molecule has 0 bridgehead atoms. The lowest BCUT2D eigenvalue weighted by atomic mass is 9.94. The van der Waals surface area contributed by atoms with Crippen molar-refractivity contribution < 1.29 is 14.3 Å². The Labute approximate surface area is 166 Å². The summed E-state index contributed by atoms with van der Waals surface area (Å²) in [4.78, 5) is 17.8. The summed E-state index contributed by atoms with van der Waals surface area (Å²) in [5.74, 6) is 1.42. The number of carbonyl (C=O) groups is 1. The third-order valence-electron chi connectivity index (χ3n) is 5.89. The number of likely N-dealkylation sites (tertiary alicyclic amines) is 1. The van der Waals surface area contributed by atoms with Crippen LogP contribution in [0.5, 0.6) is 11.5 Å². The third-order valence-corrected chi connectivity index (χ3v) is 5.89. The van der Waals surface area contributed by atoms with Gasteiger partial charge in [-0.3, -0.25) is 9.69 Å². The monoisotopic (exact) mass is 380 g/mol. The number of carbonyl (C=O) groups excluding carboxylic acids is 1. The molecule has 0 spiro atoms. The molecule has 2 aromatic rings. The molecule has 0 radical (unpaired) electrons. The minimum atomic E-state index is 0.119. The van der Waals surface area contributed by atoms with E-state index in [1.54, 1.807) is 14.2 Å². The van der Waals surface area contributed by atoms with Crippen LogP contribution in [0, 0.1) is 0 Å². The van der Waals surface area contributed by atoms with E-state index in [1.165, 1.54) is 5.56 Å². The van der Waals surface area contributed by atoms with Crippen LogP contribution in [0.15, 0.2) is 42.5 Å². The SMILES string of the molecule is COc1cc2c(cc1OC)C(=O)N(C1CCCN(Cc3ccccc3)C1)CC2. The molecule has 0 saturated carbocycles. The van der Waals surface area contributed by atoms with Gasteiger partial charge in [-0.05, 0) is 49.1 Å². The summed E-state index contributed by atoms with van der Waals surface area (Å²) in [5, 5.41) is 0. The summed E-state index contributed by atoms with van der Waals surface area (Å²) in [6.45, 7) is 3.74. The lowest BCUT2D eigenvalue weighted by molar-refractivity contribution is 0.0514. The van der Waals surface area contributed by atoms with Crippen molar-refractivity contribution in [2.45, 2.75) is 31.8 Å². The van der Waals surface area contributed by atoms with Gasteiger partial charge in [0.05, 0.1) is 14.2 Å². The number of rotatable bonds is 5. The minimum absolute atomic E-state index is 0.119. The highest BCUT2D eigenvalue weighted by Crippen LogP contribution is 2.34. The second-order valence-corrected chi connectivity index (χ2v) is 7.63. The Balaban J connectivity index is 1.50. The average molecular weight is 380 g/mol. The van der Waals surface area contributed by atoms with Gasteiger partial charge >= 0.3 is 0 Å². The van der Waals surface area contributed by atoms with E-state index in [9.17, 15) is 4.79 Å². The summed E-state index contributed by atoms with van der Waals surface area (Å²) >= 11 is 0. The topological polar surface area (TPSA) is 42.0 Å². The van der Waals surface area contributed by atoms with Crippen molar-refractivity contribution in [3.8, 4) is 11.5 Å². The van der Waals surface area contributed by atoms with E-state index in [0.29, 0.717) is 11.5 Å². The number of benzene rings is 2. The quantitative estimate of drug-likeness (QED) is 0.798. The number of amides is 1. The van der Waals surface area contributed by atoms with Crippen LogP contribution in [0.1, 0.15) is 34.3 Å². The molecule has 1 amide bonds. The van der Waals surface area contributed by atoms with Crippen molar-refractivity contribution in [3.05, 3.63) is 59.2 Å². The van der Waals surface area contributed by atoms with E-state index in [0.717, 1.165) is 56.6 Å². The first-order chi connectivity index (χ1) is 13.7. The molecule has 2 heterocycles. The van der Waals surface area contributed by atoms with Crippen LogP contribution in [-0.2, 0) is 13.0 Å². The van der Waals surface area contributed by atoms with Crippen molar-refractivity contribution in [2.24, 2.45) is 0 Å². The molecule has 1 saturated heterocycles. The number of methoxy groups -OCH3 is 2. The van der Waals surface area contributed by atoms with Crippen LogP contribution in [0.3, 0.4) is 0 Å². The summed E-state index contributed by atoms with van der Waals surface area (Å²) < 4.78 is 10.8. The average Bonchev–Trinajstić information content (AvgIpc) is 2.74. The van der Waals surface area contributed by atoms with Crippen LogP contribution in [0.2, 0.25) is 0 Å². The van der Waals surface area contributed by atoms with Gasteiger partial charge in [-0.25, -0.2) is 0 Å². The molecular weight excluding hydrogens is 352 g/mol. The normalized spacial score (nSPS) is 20.0. The van der Waals surface area contributed by atoms with Crippen LogP contribution in [-0.4, -0.2) is 55.6 Å². The molecule has 28 heavy (non-hydrogen) atoms. The van der Waals surface area contributed by atoms with E-state index >= 15 is 0 Å². The Hall–Kier alpha value is -2.53. The maximum atomic E-state index is 13.3. The van der Waals surface area contributed by atoms with Gasteiger partial charge in [-0.2, -0.15) is 0 Å². The molecule has 0 aromatic heterocycles. The molecule has 2 aliphatic heterocycles. The number of nitrogens with zero attached hydrogens (tertiary/aromatic N) is 2. The standard InChI is InChI=1S/C23H28N2O3/c1-27-21-13-18-10-12-25(23(26)20(18)14-22(21)28-2)19-9-6-11-24(16-19)15-17-7-4-3-5-8-17/h3-5,7-8,13-14,19H,6,9-12,15-16H2,1-2H3. The highest BCUT2D eigenvalue weighted by molar-refractivity contribution is 5.97. The van der Waals surface area contributed by atoms with E-state index in [-0.39, 0.29) is 11.9 Å². The second-order valence-electron chi connectivity index (χ2n) is 7.63. The Morgan fingerprint density at radius 3 is 2.54 bits per heavy atom. The fourth-order valence-corrected chi connectivity index (χ4v) is 4.44. The zero-order valence-corrected chi connectivity index (χ0v) is 16.7. The van der Waals surface area contributed by atoms with Crippen LogP contribution < -0.4 is 9.47 Å². The maximum Gasteiger partial charge on any atom is 0.254 e. The number of hydrogen-bond acceptors (Lipinski definition) is 4. The van der Waals surface area contributed by atoms with Gasteiger partial charge in [-0.15, -0.1) is 0 Å². The Kier molecular flexibility index (Phi) is 5.53. The molecule has 2 aromatic carbocycles. The number of hydrogen-bond donors (Lipinski definition) is 0. The van der Waals surface area contributed by atoms with Gasteiger partial charge in [0.1, 0.15) is 0 Å². The molecule has 5 heteroatoms. The molecule has 148 valence electrons. The Morgan fingerprint density at radius 2 is 1.79 bits per heavy atom. The predicted octanol–water partition coefficient (Wildman–Crippen LogP) is 3.37. The molecule has 1 unspecified atom stereocenters. The zero-order valence-electron chi connectivity index (χ0n) is 16.7. The first-order valence-corrected chi connectivity index (χ1v) is 10.0. The molecule has 0 aliphatic carbocycles. The lowest BCUT2D eigenvalue weighted by Crippen LogP contribution is -2.52. The van der Waals surface area contributed by atoms with Gasteiger partial charge in [0, 0.05) is 31.2 Å². The fourth-order valence-electron chi connectivity index (χ4n) is 4.44. The van der Waals surface area contributed by atoms with Crippen LogP contribution in [0.25, 0.3) is 0 Å².